The minimum atomic E-state index is -0.220. The molecule has 0 radical (unpaired) electrons. The summed E-state index contributed by atoms with van der Waals surface area (Å²) >= 11 is 0. The van der Waals surface area contributed by atoms with Gasteiger partial charge in [-0.2, -0.15) is 10.4 Å². The molecule has 146 valence electrons. The van der Waals surface area contributed by atoms with Crippen LogP contribution in [0.3, 0.4) is 0 Å². The summed E-state index contributed by atoms with van der Waals surface area (Å²) in [4.78, 5) is 12.6. The molecular weight excluding hydrogens is 372 g/mol. The molecule has 0 unspecified atom stereocenters. The van der Waals surface area contributed by atoms with E-state index in [1.54, 1.807) is 24.3 Å². The van der Waals surface area contributed by atoms with Crippen molar-refractivity contribution in [1.29, 1.82) is 5.26 Å². The molecule has 0 saturated heterocycles. The number of nitrogens with one attached hydrogen (secondary N) is 1. The number of nitrogens with zero attached hydrogens (tertiary/aromatic N) is 3. The van der Waals surface area contributed by atoms with Crippen molar-refractivity contribution in [2.75, 3.05) is 0 Å². The number of carbonyl (C=O) groups excluding carboxylic acids is 1. The SMILES string of the molecule is N#Cc1cccc(C(=O)NCc2cn(Cc3ccccc3)nc2-c2ccccc2)c1. The first-order chi connectivity index (χ1) is 14.7. The lowest BCUT2D eigenvalue weighted by atomic mass is 10.1. The first-order valence-electron chi connectivity index (χ1n) is 9.67. The standard InChI is InChI=1S/C25H20N4O/c26-15-20-10-7-13-22(14-20)25(30)27-16-23-18-29(17-19-8-3-1-4-9-19)28-24(23)21-11-5-2-6-12-21/h1-14,18H,16-17H2,(H,27,30). The first-order valence-corrected chi connectivity index (χ1v) is 9.67. The Bertz CT molecular complexity index is 1190. The van der Waals surface area contributed by atoms with Crippen LogP contribution in [0.1, 0.15) is 27.0 Å². The molecule has 30 heavy (non-hydrogen) atoms. The highest BCUT2D eigenvalue weighted by Crippen LogP contribution is 2.22. The van der Waals surface area contributed by atoms with Crippen LogP contribution in [0.25, 0.3) is 11.3 Å². The predicted molar refractivity (Wildman–Crippen MR) is 116 cm³/mol. The molecule has 0 bridgehead atoms. The van der Waals surface area contributed by atoms with E-state index in [4.69, 9.17) is 10.4 Å². The van der Waals surface area contributed by atoms with Crippen LogP contribution in [0.5, 0.6) is 0 Å². The van der Waals surface area contributed by atoms with Gasteiger partial charge in [0.25, 0.3) is 5.91 Å². The highest BCUT2D eigenvalue weighted by molar-refractivity contribution is 5.94. The molecule has 1 aromatic heterocycles. The Balaban J connectivity index is 1.57. The van der Waals surface area contributed by atoms with Gasteiger partial charge in [0.2, 0.25) is 0 Å². The number of nitriles is 1. The van der Waals surface area contributed by atoms with Gasteiger partial charge in [-0.15, -0.1) is 0 Å². The van der Waals surface area contributed by atoms with Crippen LogP contribution >= 0.6 is 0 Å². The molecule has 1 N–H and O–H groups in total. The normalized spacial score (nSPS) is 10.4. The molecule has 5 nitrogen and oxygen atoms in total. The van der Waals surface area contributed by atoms with Crippen LogP contribution in [0.4, 0.5) is 0 Å². The Labute approximate surface area is 175 Å². The first kappa shape index (κ1) is 19.2. The van der Waals surface area contributed by atoms with E-state index in [-0.39, 0.29) is 5.91 Å². The number of benzene rings is 3. The maximum Gasteiger partial charge on any atom is 0.251 e. The van der Waals surface area contributed by atoms with Crippen LogP contribution in [0.2, 0.25) is 0 Å². The molecule has 0 fully saturated rings. The maximum absolute atomic E-state index is 12.6. The van der Waals surface area contributed by atoms with Crippen molar-refractivity contribution in [2.24, 2.45) is 0 Å². The van der Waals surface area contributed by atoms with E-state index in [2.05, 4.69) is 23.5 Å². The maximum atomic E-state index is 12.6. The molecule has 0 aliphatic rings. The van der Waals surface area contributed by atoms with E-state index in [1.165, 1.54) is 0 Å². The van der Waals surface area contributed by atoms with E-state index in [9.17, 15) is 4.79 Å². The molecule has 0 atom stereocenters. The van der Waals surface area contributed by atoms with E-state index >= 15 is 0 Å². The predicted octanol–water partition coefficient (Wildman–Crippen LogP) is 4.40. The molecule has 5 heteroatoms. The van der Waals surface area contributed by atoms with Crippen LogP contribution in [-0.4, -0.2) is 15.7 Å². The summed E-state index contributed by atoms with van der Waals surface area (Å²) in [6.45, 7) is 0.994. The highest BCUT2D eigenvalue weighted by Gasteiger charge is 2.13. The van der Waals surface area contributed by atoms with Crippen LogP contribution in [-0.2, 0) is 13.1 Å². The van der Waals surface area contributed by atoms with E-state index < -0.39 is 0 Å². The lowest BCUT2D eigenvalue weighted by molar-refractivity contribution is 0.0951. The van der Waals surface area contributed by atoms with Gasteiger partial charge in [0.1, 0.15) is 0 Å². The Morgan fingerprint density at radius 3 is 2.43 bits per heavy atom. The summed E-state index contributed by atoms with van der Waals surface area (Å²) in [5, 5.41) is 16.8. The average Bonchev–Trinajstić information content (AvgIpc) is 3.21. The van der Waals surface area contributed by atoms with Crippen molar-refractivity contribution in [1.82, 2.24) is 15.1 Å². The van der Waals surface area contributed by atoms with Crippen LogP contribution in [0, 0.1) is 11.3 Å². The van der Waals surface area contributed by atoms with Gasteiger partial charge in [-0.1, -0.05) is 66.7 Å². The smallest absolute Gasteiger partial charge is 0.251 e. The summed E-state index contributed by atoms with van der Waals surface area (Å²) in [5.74, 6) is -0.220. The zero-order valence-electron chi connectivity index (χ0n) is 16.3. The number of aromatic nitrogens is 2. The summed E-state index contributed by atoms with van der Waals surface area (Å²) in [5.41, 5.74) is 4.86. The second-order valence-corrected chi connectivity index (χ2v) is 6.93. The molecule has 4 rings (SSSR count). The number of rotatable bonds is 6. The fraction of sp³-hybridized carbons (Fsp3) is 0.0800. The van der Waals surface area contributed by atoms with Gasteiger partial charge in [-0.05, 0) is 23.8 Å². The molecule has 1 amide bonds. The summed E-state index contributed by atoms with van der Waals surface area (Å²) < 4.78 is 1.90. The van der Waals surface area contributed by atoms with Crippen LogP contribution < -0.4 is 5.32 Å². The molecule has 0 saturated carbocycles. The molecule has 0 spiro atoms. The van der Waals surface area contributed by atoms with E-state index in [1.807, 2.05) is 59.4 Å². The topological polar surface area (TPSA) is 70.7 Å². The molecule has 4 aromatic rings. The van der Waals surface area contributed by atoms with Crippen molar-refractivity contribution in [2.45, 2.75) is 13.1 Å². The number of amides is 1. The molecule has 0 aliphatic carbocycles. The van der Waals surface area contributed by atoms with Gasteiger partial charge in [0.15, 0.2) is 0 Å². The second kappa shape index (κ2) is 8.89. The number of hydrogen-bond donors (Lipinski definition) is 1. The molecule has 3 aromatic carbocycles. The third kappa shape index (κ3) is 4.45. The molecule has 0 aliphatic heterocycles. The van der Waals surface area contributed by atoms with E-state index in [0.29, 0.717) is 24.2 Å². The van der Waals surface area contributed by atoms with Crippen molar-refractivity contribution < 1.29 is 4.79 Å². The third-order valence-electron chi connectivity index (χ3n) is 4.77. The van der Waals surface area contributed by atoms with Crippen molar-refractivity contribution >= 4 is 5.91 Å². The quantitative estimate of drug-likeness (QED) is 0.529. The summed E-state index contributed by atoms with van der Waals surface area (Å²) in [7, 11) is 0. The molecular formula is C25H20N4O. The van der Waals surface area contributed by atoms with Gasteiger partial charge in [0.05, 0.1) is 23.9 Å². The van der Waals surface area contributed by atoms with Gasteiger partial charge < -0.3 is 5.32 Å². The lowest BCUT2D eigenvalue weighted by Gasteiger charge is -2.06. The number of hydrogen-bond acceptors (Lipinski definition) is 3. The minimum Gasteiger partial charge on any atom is -0.348 e. The molecule has 1 heterocycles. The Kier molecular flexibility index (Phi) is 5.68. The summed E-state index contributed by atoms with van der Waals surface area (Å²) in [6.07, 6.45) is 1.97. The zero-order chi connectivity index (χ0) is 20.8. The highest BCUT2D eigenvalue weighted by atomic mass is 16.1. The van der Waals surface area contributed by atoms with E-state index in [0.717, 1.165) is 22.4 Å². The lowest BCUT2D eigenvalue weighted by Crippen LogP contribution is -2.22. The minimum absolute atomic E-state index is 0.220. The summed E-state index contributed by atoms with van der Waals surface area (Å²) in [6, 6.07) is 28.8. The monoisotopic (exact) mass is 392 g/mol. The van der Waals surface area contributed by atoms with Gasteiger partial charge in [0, 0.05) is 29.4 Å². The Hall–Kier alpha value is -4.17. The third-order valence-corrected chi connectivity index (χ3v) is 4.77. The van der Waals surface area contributed by atoms with Gasteiger partial charge in [-0.25, -0.2) is 0 Å². The fourth-order valence-electron chi connectivity index (χ4n) is 3.29. The van der Waals surface area contributed by atoms with Crippen molar-refractivity contribution in [3.63, 3.8) is 0 Å². The Morgan fingerprint density at radius 1 is 0.967 bits per heavy atom. The van der Waals surface area contributed by atoms with Crippen molar-refractivity contribution in [3.8, 4) is 17.3 Å². The van der Waals surface area contributed by atoms with Gasteiger partial charge >= 0.3 is 0 Å². The largest absolute Gasteiger partial charge is 0.348 e. The zero-order valence-corrected chi connectivity index (χ0v) is 16.3. The fourth-order valence-corrected chi connectivity index (χ4v) is 3.29. The van der Waals surface area contributed by atoms with Gasteiger partial charge in [-0.3, -0.25) is 9.48 Å². The number of carbonyl (C=O) groups is 1. The van der Waals surface area contributed by atoms with Crippen LogP contribution in [0.15, 0.2) is 91.1 Å². The second-order valence-electron chi connectivity index (χ2n) is 6.93. The average molecular weight is 392 g/mol. The van der Waals surface area contributed by atoms with Crippen molar-refractivity contribution in [3.05, 3.63) is 113 Å². The Morgan fingerprint density at radius 2 is 1.70 bits per heavy atom.